The Morgan fingerprint density at radius 1 is 1.37 bits per heavy atom. The molecule has 1 saturated heterocycles. The molecule has 0 radical (unpaired) electrons. The molecule has 4 rings (SSSR count). The van der Waals surface area contributed by atoms with Crippen molar-refractivity contribution >= 4 is 34.8 Å². The second-order valence-corrected chi connectivity index (χ2v) is 7.88. The molecule has 158 valence electrons. The van der Waals surface area contributed by atoms with Crippen molar-refractivity contribution in [2.45, 2.75) is 32.6 Å². The van der Waals surface area contributed by atoms with Crippen molar-refractivity contribution in [3.63, 3.8) is 0 Å². The minimum atomic E-state index is -0.163. The Hall–Kier alpha value is -2.87. The van der Waals surface area contributed by atoms with Crippen LogP contribution in [0.1, 0.15) is 31.9 Å². The van der Waals surface area contributed by atoms with Gasteiger partial charge < -0.3 is 15.0 Å². The standard InChI is InChI=1S/C21H25ClN6O2/c1-3-5-16-11-19(28-21(25-16)23-13-24-28)27-9-4-6-14(12-27)20(29)26-17-10-15(22)7-8-18(17)30-2/h7-8,10-11,13-14H,3-6,9,12H2,1-2H3,(H,26,29)/t14-/m0/s1. The summed E-state index contributed by atoms with van der Waals surface area (Å²) in [6, 6.07) is 7.25. The first-order valence-electron chi connectivity index (χ1n) is 10.2. The van der Waals surface area contributed by atoms with Gasteiger partial charge >= 0.3 is 0 Å². The molecule has 2 aromatic heterocycles. The number of ether oxygens (including phenoxy) is 1. The van der Waals surface area contributed by atoms with E-state index < -0.39 is 0 Å². The molecule has 30 heavy (non-hydrogen) atoms. The lowest BCUT2D eigenvalue weighted by Gasteiger charge is -2.33. The molecule has 8 nitrogen and oxygen atoms in total. The lowest BCUT2D eigenvalue weighted by molar-refractivity contribution is -0.120. The van der Waals surface area contributed by atoms with E-state index in [9.17, 15) is 4.79 Å². The van der Waals surface area contributed by atoms with Crippen LogP contribution in [0.15, 0.2) is 30.6 Å². The van der Waals surface area contributed by atoms with E-state index in [1.54, 1.807) is 29.8 Å². The Kier molecular flexibility index (Phi) is 6.03. The first-order chi connectivity index (χ1) is 14.6. The predicted octanol–water partition coefficient (Wildman–Crippen LogP) is 3.59. The maximum atomic E-state index is 13.0. The highest BCUT2D eigenvalue weighted by atomic mass is 35.5. The van der Waals surface area contributed by atoms with E-state index >= 15 is 0 Å². The number of hydrogen-bond acceptors (Lipinski definition) is 6. The molecule has 1 aliphatic heterocycles. The number of hydrogen-bond donors (Lipinski definition) is 1. The largest absolute Gasteiger partial charge is 0.495 e. The first kappa shape index (κ1) is 20.4. The van der Waals surface area contributed by atoms with Crippen molar-refractivity contribution in [1.82, 2.24) is 19.6 Å². The number of amides is 1. The van der Waals surface area contributed by atoms with Gasteiger partial charge in [-0.1, -0.05) is 24.9 Å². The normalized spacial score (nSPS) is 16.6. The smallest absolute Gasteiger partial charge is 0.254 e. The third kappa shape index (κ3) is 4.18. The highest BCUT2D eigenvalue weighted by Crippen LogP contribution is 2.30. The maximum absolute atomic E-state index is 13.0. The minimum Gasteiger partial charge on any atom is -0.495 e. The number of anilines is 2. The Balaban J connectivity index is 1.55. The van der Waals surface area contributed by atoms with Gasteiger partial charge in [0.1, 0.15) is 17.9 Å². The van der Waals surface area contributed by atoms with Crippen molar-refractivity contribution in [3.8, 4) is 5.75 Å². The molecular weight excluding hydrogens is 404 g/mol. The van der Waals surface area contributed by atoms with E-state index in [2.05, 4.69) is 38.3 Å². The maximum Gasteiger partial charge on any atom is 0.254 e. The number of aromatic nitrogens is 4. The van der Waals surface area contributed by atoms with Crippen LogP contribution in [-0.2, 0) is 11.2 Å². The Morgan fingerprint density at radius 2 is 2.23 bits per heavy atom. The second-order valence-electron chi connectivity index (χ2n) is 7.45. The summed E-state index contributed by atoms with van der Waals surface area (Å²) < 4.78 is 7.09. The summed E-state index contributed by atoms with van der Waals surface area (Å²) in [5.74, 6) is 1.90. The molecule has 0 spiro atoms. The van der Waals surface area contributed by atoms with Gasteiger partial charge in [-0.2, -0.15) is 14.6 Å². The summed E-state index contributed by atoms with van der Waals surface area (Å²) in [6.07, 6.45) is 5.12. The lowest BCUT2D eigenvalue weighted by Crippen LogP contribution is -2.41. The average Bonchev–Trinajstić information content (AvgIpc) is 3.22. The number of rotatable bonds is 6. The summed E-state index contributed by atoms with van der Waals surface area (Å²) in [5.41, 5.74) is 1.57. The molecule has 9 heteroatoms. The van der Waals surface area contributed by atoms with Crippen LogP contribution in [0.5, 0.6) is 5.75 Å². The van der Waals surface area contributed by atoms with Gasteiger partial charge in [0.05, 0.1) is 18.7 Å². The number of nitrogens with zero attached hydrogens (tertiary/aromatic N) is 5. The number of benzene rings is 1. The van der Waals surface area contributed by atoms with Crippen molar-refractivity contribution in [2.75, 3.05) is 30.4 Å². The molecule has 0 aliphatic carbocycles. The zero-order chi connectivity index (χ0) is 21.1. The molecule has 1 aliphatic rings. The van der Waals surface area contributed by atoms with Gasteiger partial charge in [0.2, 0.25) is 5.91 Å². The molecule has 0 bridgehead atoms. The highest BCUT2D eigenvalue weighted by Gasteiger charge is 2.28. The summed E-state index contributed by atoms with van der Waals surface area (Å²) in [4.78, 5) is 24.1. The van der Waals surface area contributed by atoms with E-state index in [1.807, 2.05) is 0 Å². The van der Waals surface area contributed by atoms with Crippen LogP contribution in [0.4, 0.5) is 11.5 Å². The molecule has 3 aromatic rings. The topological polar surface area (TPSA) is 84.7 Å². The van der Waals surface area contributed by atoms with Crippen LogP contribution in [0.25, 0.3) is 5.78 Å². The fraction of sp³-hybridized carbons (Fsp3) is 0.429. The second kappa shape index (κ2) is 8.87. The third-order valence-corrected chi connectivity index (χ3v) is 5.56. The van der Waals surface area contributed by atoms with Gasteiger partial charge in [0, 0.05) is 29.9 Å². The quantitative estimate of drug-likeness (QED) is 0.645. The van der Waals surface area contributed by atoms with E-state index in [0.717, 1.165) is 43.7 Å². The van der Waals surface area contributed by atoms with Gasteiger partial charge in [-0.25, -0.2) is 4.98 Å². The number of piperidine rings is 1. The van der Waals surface area contributed by atoms with Crippen molar-refractivity contribution in [3.05, 3.63) is 41.3 Å². The van der Waals surface area contributed by atoms with Gasteiger partial charge in [-0.05, 0) is 37.5 Å². The van der Waals surface area contributed by atoms with Gasteiger partial charge in [-0.15, -0.1) is 0 Å². The van der Waals surface area contributed by atoms with E-state index in [-0.39, 0.29) is 11.8 Å². The van der Waals surface area contributed by atoms with E-state index in [4.69, 9.17) is 16.3 Å². The number of fused-ring (bicyclic) bond motifs is 1. The summed E-state index contributed by atoms with van der Waals surface area (Å²) in [5, 5.41) is 7.87. The van der Waals surface area contributed by atoms with E-state index in [1.165, 1.54) is 6.33 Å². The highest BCUT2D eigenvalue weighted by molar-refractivity contribution is 6.31. The van der Waals surface area contributed by atoms with Crippen molar-refractivity contribution in [1.29, 1.82) is 0 Å². The van der Waals surface area contributed by atoms with Crippen LogP contribution in [0, 0.1) is 5.92 Å². The molecule has 1 N–H and O–H groups in total. The molecular formula is C21H25ClN6O2. The van der Waals surface area contributed by atoms with Crippen LogP contribution >= 0.6 is 11.6 Å². The first-order valence-corrected chi connectivity index (χ1v) is 10.6. The summed E-state index contributed by atoms with van der Waals surface area (Å²) in [6.45, 7) is 3.58. The van der Waals surface area contributed by atoms with Crippen molar-refractivity contribution < 1.29 is 9.53 Å². The van der Waals surface area contributed by atoms with Crippen LogP contribution < -0.4 is 15.0 Å². The number of halogens is 1. The fourth-order valence-electron chi connectivity index (χ4n) is 3.87. The zero-order valence-electron chi connectivity index (χ0n) is 17.1. The van der Waals surface area contributed by atoms with Crippen LogP contribution in [0.2, 0.25) is 5.02 Å². The molecule has 1 fully saturated rings. The molecule has 1 amide bonds. The fourth-order valence-corrected chi connectivity index (χ4v) is 4.04. The monoisotopic (exact) mass is 428 g/mol. The number of nitrogens with one attached hydrogen (secondary N) is 1. The number of methoxy groups -OCH3 is 1. The number of carbonyl (C=O) groups excluding carboxylic acids is 1. The third-order valence-electron chi connectivity index (χ3n) is 5.33. The van der Waals surface area contributed by atoms with Gasteiger partial charge in [0.15, 0.2) is 0 Å². The summed E-state index contributed by atoms with van der Waals surface area (Å²) >= 11 is 6.09. The van der Waals surface area contributed by atoms with Gasteiger partial charge in [0.25, 0.3) is 5.78 Å². The average molecular weight is 429 g/mol. The predicted molar refractivity (Wildman–Crippen MR) is 116 cm³/mol. The Morgan fingerprint density at radius 3 is 3.03 bits per heavy atom. The SMILES string of the molecule is CCCc1cc(N2CCC[C@H](C(=O)Nc3cc(Cl)ccc3OC)C2)n2ncnc2n1. The summed E-state index contributed by atoms with van der Waals surface area (Å²) in [7, 11) is 1.57. The van der Waals surface area contributed by atoms with Crippen LogP contribution in [-0.4, -0.2) is 45.7 Å². The molecule has 3 heterocycles. The molecule has 0 saturated carbocycles. The van der Waals surface area contributed by atoms with Gasteiger partial charge in [-0.3, -0.25) is 4.79 Å². The Labute approximate surface area is 180 Å². The number of aryl methyl sites for hydroxylation is 1. The molecule has 0 unspecified atom stereocenters. The zero-order valence-corrected chi connectivity index (χ0v) is 17.9. The number of carbonyl (C=O) groups is 1. The van der Waals surface area contributed by atoms with E-state index in [0.29, 0.717) is 28.8 Å². The molecule has 1 atom stereocenters. The lowest BCUT2D eigenvalue weighted by atomic mass is 9.97. The van der Waals surface area contributed by atoms with Crippen LogP contribution in [0.3, 0.4) is 0 Å². The van der Waals surface area contributed by atoms with Crippen molar-refractivity contribution in [2.24, 2.45) is 5.92 Å². The minimum absolute atomic E-state index is 0.0436. The molecule has 1 aromatic carbocycles. The Bertz CT molecular complexity index is 1050.